The van der Waals surface area contributed by atoms with Crippen molar-refractivity contribution >= 4 is 33.5 Å². The quantitative estimate of drug-likeness (QED) is 0.472. The van der Waals surface area contributed by atoms with Crippen LogP contribution in [0.25, 0.3) is 0 Å². The van der Waals surface area contributed by atoms with Crippen molar-refractivity contribution in [2.24, 2.45) is 4.99 Å². The number of aromatic nitrogens is 1. The molecule has 2 aliphatic rings. The molecule has 0 amide bonds. The third-order valence-electron chi connectivity index (χ3n) is 6.48. The Kier molecular flexibility index (Phi) is 6.03. The van der Waals surface area contributed by atoms with E-state index in [0.717, 1.165) is 62.8 Å². The average molecular weight is 466 g/mol. The predicted octanol–water partition coefficient (Wildman–Crippen LogP) is 4.81. The van der Waals surface area contributed by atoms with Gasteiger partial charge in [0.1, 0.15) is 10.8 Å². The van der Waals surface area contributed by atoms with Gasteiger partial charge in [-0.1, -0.05) is 12.1 Å². The maximum atomic E-state index is 10.0. The van der Waals surface area contributed by atoms with Crippen LogP contribution >= 0.6 is 11.3 Å². The summed E-state index contributed by atoms with van der Waals surface area (Å²) >= 11 is 1.78. The number of nitrogens with zero attached hydrogens (tertiary/aromatic N) is 4. The Hall–Kier alpha value is -2.97. The Bertz CT molecular complexity index is 1170. The predicted molar refractivity (Wildman–Crippen MR) is 135 cm³/mol. The molecule has 4 heterocycles. The molecule has 3 N–H and O–H groups in total. The Balaban J connectivity index is 1.20. The number of amidine groups is 1. The summed E-state index contributed by atoms with van der Waals surface area (Å²) in [6.45, 7) is 9.53. The van der Waals surface area contributed by atoms with Crippen molar-refractivity contribution in [2.45, 2.75) is 33.2 Å². The molecule has 33 heavy (non-hydrogen) atoms. The number of hydrogen-bond donors (Lipinski definition) is 3. The minimum absolute atomic E-state index is 0.141. The number of para-hydroxylation sites is 2. The fraction of sp³-hybridized carbons (Fsp3) is 0.400. The van der Waals surface area contributed by atoms with E-state index in [0.29, 0.717) is 12.1 Å². The molecule has 0 atom stereocenters. The summed E-state index contributed by atoms with van der Waals surface area (Å²) in [7, 11) is 0. The molecule has 0 unspecified atom stereocenters. The molecule has 0 radical (unpaired) electrons. The molecular weight excluding hydrogens is 434 g/mol. The minimum atomic E-state index is 0.141. The van der Waals surface area contributed by atoms with Gasteiger partial charge in [-0.25, -0.2) is 4.99 Å². The highest BCUT2D eigenvalue weighted by atomic mass is 32.1. The van der Waals surface area contributed by atoms with E-state index >= 15 is 0 Å². The lowest BCUT2D eigenvalue weighted by molar-refractivity contribution is 0.179. The third-order valence-corrected chi connectivity index (χ3v) is 7.45. The van der Waals surface area contributed by atoms with Crippen LogP contribution in [0.5, 0.6) is 11.8 Å². The standard InChI is InChI=1S/C25H31N5O2S/c1-17-15-22(31)30(25(17)32)10-6-5-9-28-11-13-29(14-12-28)23-19-16-18(2)33-24(19)27-21-8-4-3-7-20(21)26-23/h3-4,7-8,15-16,27,31-32H,5-6,9-14H2,1-2H3. The molecular formula is C25H31N5O2S. The van der Waals surface area contributed by atoms with Gasteiger partial charge >= 0.3 is 0 Å². The number of aryl methyl sites for hydroxylation is 2. The highest BCUT2D eigenvalue weighted by molar-refractivity contribution is 7.16. The second-order valence-corrected chi connectivity index (χ2v) is 10.1. The number of nitrogens with one attached hydrogen (secondary N) is 1. The van der Waals surface area contributed by atoms with Gasteiger partial charge in [-0.2, -0.15) is 0 Å². The average Bonchev–Trinajstić information content (AvgIpc) is 3.23. The van der Waals surface area contributed by atoms with Crippen molar-refractivity contribution in [2.75, 3.05) is 38.0 Å². The maximum Gasteiger partial charge on any atom is 0.196 e. The highest BCUT2D eigenvalue weighted by Gasteiger charge is 2.26. The molecule has 3 aromatic rings. The van der Waals surface area contributed by atoms with Crippen LogP contribution in [-0.4, -0.2) is 63.1 Å². The molecule has 1 fully saturated rings. The summed E-state index contributed by atoms with van der Waals surface area (Å²) in [6.07, 6.45) is 1.95. The highest BCUT2D eigenvalue weighted by Crippen LogP contribution is 2.39. The second-order valence-electron chi connectivity index (χ2n) is 8.87. The number of fused-ring (bicyclic) bond motifs is 2. The number of hydrogen-bond acceptors (Lipinski definition) is 7. The van der Waals surface area contributed by atoms with Gasteiger partial charge in [0.2, 0.25) is 0 Å². The number of aromatic hydroxyl groups is 2. The lowest BCUT2D eigenvalue weighted by Crippen LogP contribution is -2.49. The van der Waals surface area contributed by atoms with Crippen LogP contribution in [0.4, 0.5) is 16.4 Å². The van der Waals surface area contributed by atoms with Crippen molar-refractivity contribution < 1.29 is 10.2 Å². The van der Waals surface area contributed by atoms with Crippen LogP contribution in [0.3, 0.4) is 0 Å². The van der Waals surface area contributed by atoms with Crippen LogP contribution in [0.1, 0.15) is 28.8 Å². The van der Waals surface area contributed by atoms with E-state index < -0.39 is 0 Å². The lowest BCUT2D eigenvalue weighted by atomic mass is 10.2. The fourth-order valence-corrected chi connectivity index (χ4v) is 5.57. The number of aliphatic imine (C=N–C) groups is 1. The van der Waals surface area contributed by atoms with Crippen LogP contribution in [0, 0.1) is 13.8 Å². The van der Waals surface area contributed by atoms with E-state index in [1.54, 1.807) is 28.9 Å². The van der Waals surface area contributed by atoms with Gasteiger partial charge in [0.25, 0.3) is 0 Å². The first kappa shape index (κ1) is 21.9. The van der Waals surface area contributed by atoms with E-state index in [2.05, 4.69) is 40.2 Å². The van der Waals surface area contributed by atoms with E-state index in [-0.39, 0.29) is 11.8 Å². The maximum absolute atomic E-state index is 10.0. The zero-order valence-corrected chi connectivity index (χ0v) is 20.0. The minimum Gasteiger partial charge on any atom is -0.494 e. The molecule has 0 bridgehead atoms. The summed E-state index contributed by atoms with van der Waals surface area (Å²) in [4.78, 5) is 11.3. The summed E-state index contributed by atoms with van der Waals surface area (Å²) in [6, 6.07) is 12.1. The Morgan fingerprint density at radius 3 is 2.52 bits per heavy atom. The monoisotopic (exact) mass is 465 g/mol. The molecule has 8 heteroatoms. The fourth-order valence-electron chi connectivity index (χ4n) is 4.65. The van der Waals surface area contributed by atoms with E-state index in [1.165, 1.54) is 15.4 Å². The molecule has 1 saturated heterocycles. The Morgan fingerprint density at radius 1 is 1.00 bits per heavy atom. The zero-order valence-electron chi connectivity index (χ0n) is 19.2. The number of piperazine rings is 1. The van der Waals surface area contributed by atoms with Crippen molar-refractivity contribution in [3.05, 3.63) is 52.4 Å². The summed E-state index contributed by atoms with van der Waals surface area (Å²) in [5.74, 6) is 1.38. The van der Waals surface area contributed by atoms with Gasteiger partial charge in [0, 0.05) is 49.2 Å². The second kappa shape index (κ2) is 9.11. The smallest absolute Gasteiger partial charge is 0.196 e. The van der Waals surface area contributed by atoms with Crippen molar-refractivity contribution in [3.8, 4) is 11.8 Å². The number of unbranched alkanes of at least 4 members (excludes halogenated alkanes) is 1. The normalized spacial score (nSPS) is 16.1. The van der Waals surface area contributed by atoms with Crippen LogP contribution in [-0.2, 0) is 6.54 Å². The zero-order chi connectivity index (χ0) is 22.9. The topological polar surface area (TPSA) is 76.3 Å². The van der Waals surface area contributed by atoms with Gasteiger partial charge in [-0.3, -0.25) is 9.47 Å². The molecule has 0 spiro atoms. The van der Waals surface area contributed by atoms with Crippen molar-refractivity contribution in [1.29, 1.82) is 0 Å². The molecule has 5 rings (SSSR count). The van der Waals surface area contributed by atoms with Gasteiger partial charge in [-0.15, -0.1) is 11.3 Å². The number of thiophene rings is 1. The first-order chi connectivity index (χ1) is 16.0. The Morgan fingerprint density at radius 2 is 1.76 bits per heavy atom. The van der Waals surface area contributed by atoms with E-state index in [4.69, 9.17) is 4.99 Å². The van der Waals surface area contributed by atoms with Crippen LogP contribution in [0.2, 0.25) is 0 Å². The van der Waals surface area contributed by atoms with E-state index in [1.807, 2.05) is 12.1 Å². The molecule has 0 saturated carbocycles. The first-order valence-electron chi connectivity index (χ1n) is 11.6. The lowest BCUT2D eigenvalue weighted by Gasteiger charge is -2.36. The number of benzene rings is 1. The summed E-state index contributed by atoms with van der Waals surface area (Å²) < 4.78 is 1.59. The molecule has 1 aromatic carbocycles. The molecule has 2 aliphatic heterocycles. The molecule has 174 valence electrons. The van der Waals surface area contributed by atoms with Crippen LogP contribution < -0.4 is 5.32 Å². The van der Waals surface area contributed by atoms with Gasteiger partial charge in [-0.05, 0) is 51.4 Å². The Labute approximate surface area is 198 Å². The first-order valence-corrected chi connectivity index (χ1v) is 12.4. The van der Waals surface area contributed by atoms with Crippen molar-refractivity contribution in [1.82, 2.24) is 14.4 Å². The van der Waals surface area contributed by atoms with Gasteiger partial charge in [0.15, 0.2) is 11.8 Å². The molecule has 2 aromatic heterocycles. The summed E-state index contributed by atoms with van der Waals surface area (Å²) in [5.41, 5.74) is 3.96. The van der Waals surface area contributed by atoms with Gasteiger partial charge < -0.3 is 20.4 Å². The van der Waals surface area contributed by atoms with Crippen LogP contribution in [0.15, 0.2) is 41.4 Å². The van der Waals surface area contributed by atoms with Gasteiger partial charge in [0.05, 0.1) is 16.9 Å². The van der Waals surface area contributed by atoms with E-state index in [9.17, 15) is 10.2 Å². The molecule has 7 nitrogen and oxygen atoms in total. The largest absolute Gasteiger partial charge is 0.494 e. The summed E-state index contributed by atoms with van der Waals surface area (Å²) in [5, 5.41) is 24.7. The SMILES string of the molecule is Cc1cc2c(s1)Nc1ccccc1N=C2N1CCN(CCCCn2c(O)cc(C)c2O)CC1. The number of anilines is 2. The third kappa shape index (κ3) is 4.45. The number of rotatable bonds is 5. The molecule has 0 aliphatic carbocycles. The van der Waals surface area contributed by atoms with Crippen molar-refractivity contribution in [3.63, 3.8) is 0 Å².